The van der Waals surface area contributed by atoms with Gasteiger partial charge >= 0.3 is 5.76 Å². The number of rotatable bonds is 2. The van der Waals surface area contributed by atoms with Gasteiger partial charge in [0, 0.05) is 5.56 Å². The van der Waals surface area contributed by atoms with Crippen LogP contribution in [-0.2, 0) is 0 Å². The standard InChI is InChI=1S/C16H13NO4/c1-10-6-7-14-13(8-10)17(16(19)21-14)15(18)11-4-3-5-12(9-11)20-2/h3-9H,1-2H3. The van der Waals surface area contributed by atoms with E-state index in [1.54, 1.807) is 36.4 Å². The van der Waals surface area contributed by atoms with Gasteiger partial charge in [-0.2, -0.15) is 0 Å². The molecule has 0 atom stereocenters. The number of oxazole rings is 1. The highest BCUT2D eigenvalue weighted by Gasteiger charge is 2.18. The monoisotopic (exact) mass is 283 g/mol. The highest BCUT2D eigenvalue weighted by molar-refractivity contribution is 6.00. The average Bonchev–Trinajstić information content (AvgIpc) is 2.81. The van der Waals surface area contributed by atoms with Crippen molar-refractivity contribution in [2.24, 2.45) is 0 Å². The Kier molecular flexibility index (Phi) is 3.10. The predicted molar refractivity (Wildman–Crippen MR) is 77.9 cm³/mol. The van der Waals surface area contributed by atoms with Crippen LogP contribution in [0.5, 0.6) is 5.75 Å². The van der Waals surface area contributed by atoms with Crippen molar-refractivity contribution in [1.29, 1.82) is 0 Å². The fraction of sp³-hybridized carbons (Fsp3) is 0.125. The van der Waals surface area contributed by atoms with Gasteiger partial charge in [0.1, 0.15) is 5.75 Å². The molecule has 0 amide bonds. The molecular weight excluding hydrogens is 270 g/mol. The molecule has 0 N–H and O–H groups in total. The first-order valence-corrected chi connectivity index (χ1v) is 6.41. The van der Waals surface area contributed by atoms with Crippen molar-refractivity contribution in [3.63, 3.8) is 0 Å². The second-order valence-electron chi connectivity index (χ2n) is 4.71. The van der Waals surface area contributed by atoms with Gasteiger partial charge in [0.05, 0.1) is 12.6 Å². The van der Waals surface area contributed by atoms with Crippen LogP contribution in [0.25, 0.3) is 11.1 Å². The van der Waals surface area contributed by atoms with E-state index in [0.717, 1.165) is 10.1 Å². The Hall–Kier alpha value is -2.82. The van der Waals surface area contributed by atoms with Gasteiger partial charge in [0.15, 0.2) is 5.58 Å². The molecule has 5 nitrogen and oxygen atoms in total. The molecule has 1 heterocycles. The van der Waals surface area contributed by atoms with Gasteiger partial charge in [-0.25, -0.2) is 9.36 Å². The summed E-state index contributed by atoms with van der Waals surface area (Å²) in [5.74, 6) is -0.579. The zero-order valence-electron chi connectivity index (χ0n) is 11.6. The summed E-state index contributed by atoms with van der Waals surface area (Å²) in [4.78, 5) is 24.5. The van der Waals surface area contributed by atoms with Gasteiger partial charge in [-0.15, -0.1) is 0 Å². The number of benzene rings is 2. The van der Waals surface area contributed by atoms with E-state index >= 15 is 0 Å². The van der Waals surface area contributed by atoms with Crippen molar-refractivity contribution in [3.05, 3.63) is 64.1 Å². The van der Waals surface area contributed by atoms with Crippen LogP contribution in [-0.4, -0.2) is 17.6 Å². The lowest BCUT2D eigenvalue weighted by atomic mass is 10.2. The number of hydrogen-bond acceptors (Lipinski definition) is 4. The van der Waals surface area contributed by atoms with Crippen molar-refractivity contribution in [2.45, 2.75) is 6.92 Å². The predicted octanol–water partition coefficient (Wildman–Crippen LogP) is 2.60. The molecule has 0 aliphatic heterocycles. The van der Waals surface area contributed by atoms with Gasteiger partial charge in [-0.3, -0.25) is 4.79 Å². The van der Waals surface area contributed by atoms with Gasteiger partial charge in [-0.1, -0.05) is 12.1 Å². The zero-order valence-corrected chi connectivity index (χ0v) is 11.6. The first-order chi connectivity index (χ1) is 10.1. The third-order valence-corrected chi connectivity index (χ3v) is 3.25. The van der Waals surface area contributed by atoms with Crippen LogP contribution in [0.1, 0.15) is 15.9 Å². The van der Waals surface area contributed by atoms with Crippen LogP contribution in [0.2, 0.25) is 0 Å². The minimum absolute atomic E-state index is 0.362. The number of ether oxygens (including phenoxy) is 1. The quantitative estimate of drug-likeness (QED) is 0.725. The molecule has 106 valence electrons. The largest absolute Gasteiger partial charge is 0.497 e. The van der Waals surface area contributed by atoms with Gasteiger partial charge in [0.25, 0.3) is 5.91 Å². The SMILES string of the molecule is COc1cccc(C(=O)n2c(=O)oc3ccc(C)cc32)c1. The average molecular weight is 283 g/mol. The number of fused-ring (bicyclic) bond motifs is 1. The molecule has 0 spiro atoms. The molecule has 0 aliphatic carbocycles. The summed E-state index contributed by atoms with van der Waals surface area (Å²) < 4.78 is 11.2. The molecule has 1 aromatic heterocycles. The van der Waals surface area contributed by atoms with E-state index in [4.69, 9.17) is 9.15 Å². The Morgan fingerprint density at radius 2 is 2.00 bits per heavy atom. The maximum absolute atomic E-state index is 12.6. The number of methoxy groups -OCH3 is 1. The Morgan fingerprint density at radius 1 is 1.19 bits per heavy atom. The number of carbonyl (C=O) groups excluding carboxylic acids is 1. The van der Waals surface area contributed by atoms with E-state index in [-0.39, 0.29) is 0 Å². The Balaban J connectivity index is 2.19. The van der Waals surface area contributed by atoms with Gasteiger partial charge < -0.3 is 9.15 Å². The molecule has 0 aliphatic rings. The summed E-state index contributed by atoms with van der Waals surface area (Å²) in [6.45, 7) is 1.89. The fourth-order valence-corrected chi connectivity index (χ4v) is 2.20. The van der Waals surface area contributed by atoms with Crippen LogP contribution in [0.3, 0.4) is 0 Å². The molecular formula is C16H13NO4. The Bertz CT molecular complexity index is 889. The summed E-state index contributed by atoms with van der Waals surface area (Å²) in [5.41, 5.74) is 2.16. The lowest BCUT2D eigenvalue weighted by molar-refractivity contribution is 0.0956. The lowest BCUT2D eigenvalue weighted by Gasteiger charge is -2.04. The van der Waals surface area contributed by atoms with E-state index < -0.39 is 11.7 Å². The maximum atomic E-state index is 12.6. The van der Waals surface area contributed by atoms with Gasteiger partial charge in [0.2, 0.25) is 0 Å². The van der Waals surface area contributed by atoms with Crippen LogP contribution < -0.4 is 10.5 Å². The number of nitrogens with zero attached hydrogens (tertiary/aromatic N) is 1. The number of aryl methyl sites for hydroxylation is 1. The summed E-state index contributed by atoms with van der Waals surface area (Å²) in [6.07, 6.45) is 0. The molecule has 0 unspecified atom stereocenters. The highest BCUT2D eigenvalue weighted by atomic mass is 16.5. The molecule has 21 heavy (non-hydrogen) atoms. The Morgan fingerprint density at radius 3 is 2.76 bits per heavy atom. The third kappa shape index (κ3) is 2.23. The van der Waals surface area contributed by atoms with E-state index in [1.165, 1.54) is 7.11 Å². The molecule has 0 saturated carbocycles. The normalized spacial score (nSPS) is 10.8. The molecule has 0 saturated heterocycles. The second kappa shape index (κ2) is 4.94. The molecule has 0 radical (unpaired) electrons. The second-order valence-corrected chi connectivity index (χ2v) is 4.71. The summed E-state index contributed by atoms with van der Waals surface area (Å²) >= 11 is 0. The fourth-order valence-electron chi connectivity index (χ4n) is 2.20. The highest BCUT2D eigenvalue weighted by Crippen LogP contribution is 2.18. The van der Waals surface area contributed by atoms with Crippen LogP contribution in [0, 0.1) is 6.92 Å². The van der Waals surface area contributed by atoms with Gasteiger partial charge in [-0.05, 0) is 42.8 Å². The zero-order chi connectivity index (χ0) is 15.0. The molecule has 3 aromatic rings. The molecule has 5 heteroatoms. The van der Waals surface area contributed by atoms with Crippen molar-refractivity contribution in [1.82, 2.24) is 4.57 Å². The minimum Gasteiger partial charge on any atom is -0.497 e. The smallest absolute Gasteiger partial charge is 0.427 e. The lowest BCUT2D eigenvalue weighted by Crippen LogP contribution is -2.23. The summed E-state index contributed by atoms with van der Waals surface area (Å²) in [5, 5.41) is 0. The van der Waals surface area contributed by atoms with E-state index in [2.05, 4.69) is 0 Å². The van der Waals surface area contributed by atoms with E-state index in [1.807, 2.05) is 13.0 Å². The maximum Gasteiger partial charge on any atom is 0.427 e. The summed E-state index contributed by atoms with van der Waals surface area (Å²) in [7, 11) is 1.52. The molecule has 0 bridgehead atoms. The van der Waals surface area contributed by atoms with Crippen molar-refractivity contribution < 1.29 is 13.9 Å². The van der Waals surface area contributed by atoms with E-state index in [0.29, 0.717) is 22.4 Å². The first kappa shape index (κ1) is 13.2. The van der Waals surface area contributed by atoms with Crippen LogP contribution in [0.15, 0.2) is 51.7 Å². The molecule has 2 aromatic carbocycles. The Labute approximate surface area is 120 Å². The summed E-state index contributed by atoms with van der Waals surface area (Å²) in [6, 6.07) is 11.9. The molecule has 3 rings (SSSR count). The third-order valence-electron chi connectivity index (χ3n) is 3.25. The first-order valence-electron chi connectivity index (χ1n) is 6.41. The van der Waals surface area contributed by atoms with Crippen molar-refractivity contribution in [2.75, 3.05) is 7.11 Å². The minimum atomic E-state index is -0.691. The van der Waals surface area contributed by atoms with Crippen LogP contribution in [0.4, 0.5) is 0 Å². The number of aromatic nitrogens is 1. The number of carbonyl (C=O) groups is 1. The van der Waals surface area contributed by atoms with Crippen LogP contribution >= 0.6 is 0 Å². The topological polar surface area (TPSA) is 61.4 Å². The van der Waals surface area contributed by atoms with Crippen molar-refractivity contribution in [3.8, 4) is 5.75 Å². The molecule has 0 fully saturated rings. The van der Waals surface area contributed by atoms with Crippen molar-refractivity contribution >= 4 is 17.0 Å². The van der Waals surface area contributed by atoms with E-state index in [9.17, 15) is 9.59 Å². The number of hydrogen-bond donors (Lipinski definition) is 0.